The van der Waals surface area contributed by atoms with Crippen molar-refractivity contribution in [1.82, 2.24) is 10.2 Å². The number of aliphatic imine (C=N–C) groups is 1. The monoisotopic (exact) mass is 552 g/mol. The first-order valence-electron chi connectivity index (χ1n) is 12.6. The number of urea groups is 1. The molecule has 0 spiro atoms. The first-order chi connectivity index (χ1) is 18.7. The van der Waals surface area contributed by atoms with E-state index in [1.165, 1.54) is 4.90 Å². The third-order valence-electron chi connectivity index (χ3n) is 6.45. The Hall–Kier alpha value is -3.47. The molecule has 206 valence electrons. The molecule has 1 saturated heterocycles. The molecule has 3 N–H and O–H groups in total. The molecule has 2 amide bonds. The summed E-state index contributed by atoms with van der Waals surface area (Å²) < 4.78 is 25.3. The molecule has 9 nitrogen and oxygen atoms in total. The largest absolute Gasteiger partial charge is 0.374 e. The molecule has 0 bridgehead atoms. The van der Waals surface area contributed by atoms with E-state index < -0.39 is 30.6 Å². The molecule has 2 heterocycles. The van der Waals surface area contributed by atoms with E-state index in [0.29, 0.717) is 19.8 Å². The summed E-state index contributed by atoms with van der Waals surface area (Å²) in [5, 5.41) is 2.56. The van der Waals surface area contributed by atoms with Crippen molar-refractivity contribution < 1.29 is 23.7 Å². The Balaban J connectivity index is 0.00000353. The summed E-state index contributed by atoms with van der Waals surface area (Å²) in [6, 6.07) is 29.3. The van der Waals surface area contributed by atoms with Crippen molar-refractivity contribution in [1.29, 1.82) is 0 Å². The van der Waals surface area contributed by atoms with Gasteiger partial charge in [0.2, 0.25) is 0 Å². The van der Waals surface area contributed by atoms with E-state index in [0.717, 1.165) is 16.7 Å². The molecule has 0 aromatic heterocycles. The van der Waals surface area contributed by atoms with Crippen LogP contribution in [-0.2, 0) is 38.8 Å². The minimum absolute atomic E-state index is 0. The number of amides is 2. The van der Waals surface area contributed by atoms with Gasteiger partial charge < -0.3 is 24.7 Å². The molecule has 1 fully saturated rings. The number of guanidine groups is 1. The number of nitrogens with zero attached hydrogens (tertiary/aromatic N) is 2. The summed E-state index contributed by atoms with van der Waals surface area (Å²) in [7, 11) is 0. The summed E-state index contributed by atoms with van der Waals surface area (Å²) in [5.74, 6) is 0.0747. The summed E-state index contributed by atoms with van der Waals surface area (Å²) in [5.41, 5.74) is 8.80. The van der Waals surface area contributed by atoms with Crippen LogP contribution in [0.5, 0.6) is 0 Å². The third kappa shape index (κ3) is 7.56. The Morgan fingerprint density at radius 3 is 1.87 bits per heavy atom. The molecule has 2 aliphatic heterocycles. The van der Waals surface area contributed by atoms with Gasteiger partial charge in [0.15, 0.2) is 12.2 Å². The summed E-state index contributed by atoms with van der Waals surface area (Å²) in [6.45, 7) is 1.43. The third-order valence-corrected chi connectivity index (χ3v) is 6.45. The lowest BCUT2D eigenvalue weighted by atomic mass is 10.1. The number of nitrogens with one attached hydrogen (secondary N) is 1. The Kier molecular flexibility index (Phi) is 10.3. The molecule has 0 radical (unpaired) electrons. The van der Waals surface area contributed by atoms with E-state index in [2.05, 4.69) is 10.3 Å². The van der Waals surface area contributed by atoms with Crippen LogP contribution >= 0.6 is 12.4 Å². The van der Waals surface area contributed by atoms with Gasteiger partial charge in [0.1, 0.15) is 25.0 Å². The molecular formula is C29H33ClN4O5. The second-order valence-electron chi connectivity index (χ2n) is 9.17. The number of carbonyl (C=O) groups is 1. The molecule has 0 aliphatic carbocycles. The van der Waals surface area contributed by atoms with E-state index in [9.17, 15) is 4.79 Å². The van der Waals surface area contributed by atoms with Gasteiger partial charge in [-0.3, -0.25) is 10.2 Å². The maximum absolute atomic E-state index is 12.8. The fourth-order valence-electron chi connectivity index (χ4n) is 4.51. The molecule has 10 heteroatoms. The van der Waals surface area contributed by atoms with Gasteiger partial charge >= 0.3 is 6.03 Å². The van der Waals surface area contributed by atoms with Crippen molar-refractivity contribution in [2.75, 3.05) is 13.3 Å². The highest BCUT2D eigenvalue weighted by Gasteiger charge is 2.50. The molecule has 3 aromatic carbocycles. The van der Waals surface area contributed by atoms with Crippen molar-refractivity contribution in [2.24, 2.45) is 10.7 Å². The predicted octanol–water partition coefficient (Wildman–Crippen LogP) is 3.82. The van der Waals surface area contributed by atoms with Crippen molar-refractivity contribution in [2.45, 2.75) is 44.4 Å². The maximum atomic E-state index is 12.8. The highest BCUT2D eigenvalue weighted by Crippen LogP contribution is 2.31. The predicted molar refractivity (Wildman–Crippen MR) is 149 cm³/mol. The van der Waals surface area contributed by atoms with Crippen molar-refractivity contribution in [3.63, 3.8) is 0 Å². The molecule has 0 saturated carbocycles. The molecule has 0 unspecified atom stereocenters. The van der Waals surface area contributed by atoms with Gasteiger partial charge in [-0.15, -0.1) is 12.4 Å². The topological polar surface area (TPSA) is 108 Å². The molecular weight excluding hydrogens is 520 g/mol. The zero-order valence-electron chi connectivity index (χ0n) is 21.4. The Morgan fingerprint density at radius 2 is 1.33 bits per heavy atom. The average molecular weight is 553 g/mol. The van der Waals surface area contributed by atoms with E-state index in [1.54, 1.807) is 0 Å². The van der Waals surface area contributed by atoms with Crippen LogP contribution in [0.2, 0.25) is 0 Å². The first-order valence-corrected chi connectivity index (χ1v) is 12.6. The van der Waals surface area contributed by atoms with Crippen LogP contribution in [0.1, 0.15) is 16.7 Å². The number of ether oxygens (including phenoxy) is 4. The normalized spacial score (nSPS) is 22.6. The first kappa shape index (κ1) is 28.5. The van der Waals surface area contributed by atoms with Crippen LogP contribution < -0.4 is 11.1 Å². The smallest absolute Gasteiger partial charge is 0.327 e. The number of carbonyl (C=O) groups excluding carboxylic acids is 1. The summed E-state index contributed by atoms with van der Waals surface area (Å²) >= 11 is 0. The van der Waals surface area contributed by atoms with Crippen LogP contribution in [0.4, 0.5) is 4.79 Å². The number of hydrogen-bond acceptors (Lipinski definition) is 7. The number of halogens is 1. The Labute approximate surface area is 234 Å². The number of nitrogens with two attached hydrogens (primary N) is 1. The van der Waals surface area contributed by atoms with Crippen molar-refractivity contribution >= 4 is 24.4 Å². The molecule has 3 aromatic rings. The highest BCUT2D eigenvalue weighted by atomic mass is 35.5. The van der Waals surface area contributed by atoms with Gasteiger partial charge in [0.05, 0.1) is 26.4 Å². The second-order valence-corrected chi connectivity index (χ2v) is 9.17. The van der Waals surface area contributed by atoms with Crippen LogP contribution in [0, 0.1) is 0 Å². The summed E-state index contributed by atoms with van der Waals surface area (Å²) in [6.07, 6.45) is -2.33. The van der Waals surface area contributed by atoms with Crippen LogP contribution in [0.3, 0.4) is 0 Å². The zero-order chi connectivity index (χ0) is 26.2. The quantitative estimate of drug-likeness (QED) is 0.374. The highest BCUT2D eigenvalue weighted by molar-refractivity contribution is 5.96. The van der Waals surface area contributed by atoms with E-state index in [1.807, 2.05) is 91.0 Å². The molecule has 4 atom stereocenters. The SMILES string of the molecule is Cl.NC1=NCN([C@@H]2O[C@H](COCc3ccccc3)[C@@H](OCc3ccccc3)[C@@H]2OCc2ccccc2)C(=O)N1. The van der Waals surface area contributed by atoms with Gasteiger partial charge in [-0.2, -0.15) is 0 Å². The minimum atomic E-state index is -0.748. The number of rotatable bonds is 11. The van der Waals surface area contributed by atoms with Gasteiger partial charge in [0.25, 0.3) is 0 Å². The van der Waals surface area contributed by atoms with Gasteiger partial charge in [0, 0.05) is 0 Å². The fourth-order valence-corrected chi connectivity index (χ4v) is 4.51. The lowest BCUT2D eigenvalue weighted by Gasteiger charge is -2.33. The van der Waals surface area contributed by atoms with Crippen LogP contribution in [0.15, 0.2) is 96.0 Å². The van der Waals surface area contributed by atoms with Crippen molar-refractivity contribution in [3.8, 4) is 0 Å². The van der Waals surface area contributed by atoms with Crippen molar-refractivity contribution in [3.05, 3.63) is 108 Å². The average Bonchev–Trinajstić information content (AvgIpc) is 3.29. The fraction of sp³-hybridized carbons (Fsp3) is 0.310. The van der Waals surface area contributed by atoms with Gasteiger partial charge in [-0.1, -0.05) is 91.0 Å². The molecule has 2 aliphatic rings. The van der Waals surface area contributed by atoms with Gasteiger partial charge in [-0.05, 0) is 16.7 Å². The van der Waals surface area contributed by atoms with E-state index in [-0.39, 0.29) is 31.6 Å². The lowest BCUT2D eigenvalue weighted by molar-refractivity contribution is -0.105. The lowest BCUT2D eigenvalue weighted by Crippen LogP contribution is -2.57. The minimum Gasteiger partial charge on any atom is -0.374 e. The maximum Gasteiger partial charge on any atom is 0.327 e. The Bertz CT molecular complexity index is 1200. The standard InChI is InChI=1S/C29H32N4O5.ClH/c30-28-31-20-33(29(34)32-28)27-26(37-18-23-14-8-3-9-15-23)25(36-17-22-12-6-2-7-13-22)24(38-27)19-35-16-21-10-4-1-5-11-21;/h1-15,24-27H,16-20H2,(H3,30,31,32,34);1H/t24-,25-,26+,27-;/m1./s1. The molecule has 5 rings (SSSR count). The van der Waals surface area contributed by atoms with Crippen LogP contribution in [-0.4, -0.2) is 54.7 Å². The van der Waals surface area contributed by atoms with E-state index in [4.69, 9.17) is 24.7 Å². The Morgan fingerprint density at radius 1 is 0.821 bits per heavy atom. The number of benzene rings is 3. The summed E-state index contributed by atoms with van der Waals surface area (Å²) in [4.78, 5) is 18.5. The van der Waals surface area contributed by atoms with E-state index >= 15 is 0 Å². The molecule has 39 heavy (non-hydrogen) atoms. The van der Waals surface area contributed by atoms with Crippen LogP contribution in [0.25, 0.3) is 0 Å². The number of hydrogen-bond donors (Lipinski definition) is 2. The van der Waals surface area contributed by atoms with Gasteiger partial charge in [-0.25, -0.2) is 9.79 Å². The zero-order valence-corrected chi connectivity index (χ0v) is 22.2. The second kappa shape index (κ2) is 14.1.